The molecular weight excluding hydrogens is 315 g/mol. The Morgan fingerprint density at radius 1 is 1.22 bits per heavy atom. The summed E-state index contributed by atoms with van der Waals surface area (Å²) in [6, 6.07) is 14.3. The first-order valence-electron chi connectivity index (χ1n) is 7.45. The van der Waals surface area contributed by atoms with Gasteiger partial charge in [-0.1, -0.05) is 35.9 Å². The normalized spacial score (nSPS) is 17.4. The van der Waals surface area contributed by atoms with Crippen LogP contribution in [0.1, 0.15) is 12.0 Å². The molecule has 0 saturated heterocycles. The highest BCUT2D eigenvalue weighted by Gasteiger charge is 2.26. The van der Waals surface area contributed by atoms with Crippen LogP contribution in [0, 0.1) is 5.82 Å². The highest BCUT2D eigenvalue weighted by Crippen LogP contribution is 2.32. The Morgan fingerprint density at radius 3 is 2.78 bits per heavy atom. The summed E-state index contributed by atoms with van der Waals surface area (Å²) in [7, 11) is 1.67. The highest BCUT2D eigenvalue weighted by molar-refractivity contribution is 6.33. The summed E-state index contributed by atoms with van der Waals surface area (Å²) >= 11 is 6.28. The summed E-state index contributed by atoms with van der Waals surface area (Å²) in [5, 5.41) is 2.55. The maximum atomic E-state index is 13.6. The number of anilines is 1. The smallest absolute Gasteiger partial charge is 0.123 e. The number of rotatable bonds is 5. The Kier molecular flexibility index (Phi) is 4.96. The van der Waals surface area contributed by atoms with Gasteiger partial charge in [-0.25, -0.2) is 9.82 Å². The molecule has 0 fully saturated rings. The van der Waals surface area contributed by atoms with E-state index in [1.165, 1.54) is 6.07 Å². The first kappa shape index (κ1) is 16.0. The number of methoxy groups -OCH3 is 1. The average molecular weight is 333 g/mol. The van der Waals surface area contributed by atoms with E-state index in [9.17, 15) is 4.39 Å². The minimum atomic E-state index is -0.245. The fraction of sp³-hybridized carbons (Fsp3) is 0.222. The van der Waals surface area contributed by atoms with Gasteiger partial charge in [-0.3, -0.25) is 5.01 Å². The zero-order chi connectivity index (χ0) is 16.2. The second-order valence-electron chi connectivity index (χ2n) is 5.38. The van der Waals surface area contributed by atoms with Crippen molar-refractivity contribution in [3.05, 3.63) is 71.1 Å². The minimum Gasteiger partial charge on any atom is -0.385 e. The number of nitrogens with one attached hydrogen (secondary N) is 1. The molecule has 3 nitrogen and oxygen atoms in total. The van der Waals surface area contributed by atoms with Crippen molar-refractivity contribution >= 4 is 22.9 Å². The Bertz CT molecular complexity index is 720. The summed E-state index contributed by atoms with van der Waals surface area (Å²) < 4.78 is 18.8. The highest BCUT2D eigenvalue weighted by atomic mass is 35.5. The van der Waals surface area contributed by atoms with Gasteiger partial charge in [0, 0.05) is 19.9 Å². The third-order valence-corrected chi connectivity index (χ3v) is 4.14. The van der Waals surface area contributed by atoms with Gasteiger partial charge in [-0.05, 0) is 41.8 Å². The molecule has 0 amide bonds. The zero-order valence-corrected chi connectivity index (χ0v) is 13.6. The van der Waals surface area contributed by atoms with Gasteiger partial charge in [0.15, 0.2) is 0 Å². The lowest BCUT2D eigenvalue weighted by Gasteiger charge is -2.21. The van der Waals surface area contributed by atoms with Crippen molar-refractivity contribution in [1.29, 1.82) is 0 Å². The molecule has 0 radical (unpaired) electrons. The Hall–Kier alpha value is -1.88. The molecule has 1 unspecified atom stereocenters. The maximum Gasteiger partial charge on any atom is 0.123 e. The molecule has 0 spiro atoms. The number of halogens is 2. The fourth-order valence-electron chi connectivity index (χ4n) is 2.69. The molecule has 1 aliphatic heterocycles. The van der Waals surface area contributed by atoms with Gasteiger partial charge in [0.25, 0.3) is 0 Å². The van der Waals surface area contributed by atoms with Crippen molar-refractivity contribution in [3.8, 4) is 0 Å². The van der Waals surface area contributed by atoms with E-state index < -0.39 is 0 Å². The van der Waals surface area contributed by atoms with Gasteiger partial charge in [0.1, 0.15) is 5.82 Å². The van der Waals surface area contributed by atoms with Crippen molar-refractivity contribution in [3.63, 3.8) is 0 Å². The molecule has 2 aromatic carbocycles. The molecule has 2 aromatic rings. The maximum absolute atomic E-state index is 13.6. The molecule has 120 valence electrons. The van der Waals surface area contributed by atoms with Gasteiger partial charge in [0.05, 0.1) is 16.8 Å². The number of nitrogens with zero attached hydrogens (tertiary/aromatic N) is 1. The number of benzene rings is 2. The van der Waals surface area contributed by atoms with Gasteiger partial charge in [0.2, 0.25) is 0 Å². The SMILES string of the molecule is COCCC1NN(c2ccccc2Cl)C=C1c1cccc(F)c1. The van der Waals surface area contributed by atoms with Crippen molar-refractivity contribution in [1.82, 2.24) is 5.43 Å². The van der Waals surface area contributed by atoms with Gasteiger partial charge < -0.3 is 4.74 Å². The molecule has 0 aromatic heterocycles. The van der Waals surface area contributed by atoms with Gasteiger partial charge >= 0.3 is 0 Å². The Balaban J connectivity index is 1.94. The number of hydrogen-bond acceptors (Lipinski definition) is 3. The third-order valence-electron chi connectivity index (χ3n) is 3.82. The number of hydrogen-bond donors (Lipinski definition) is 1. The fourth-order valence-corrected chi connectivity index (χ4v) is 2.92. The topological polar surface area (TPSA) is 24.5 Å². The molecule has 0 saturated carbocycles. The molecule has 1 atom stereocenters. The van der Waals surface area contributed by atoms with Crippen LogP contribution >= 0.6 is 11.6 Å². The first-order chi connectivity index (χ1) is 11.2. The van der Waals surface area contributed by atoms with Crippen LogP contribution in [0.3, 0.4) is 0 Å². The van der Waals surface area contributed by atoms with E-state index in [2.05, 4.69) is 5.43 Å². The number of para-hydroxylation sites is 1. The van der Waals surface area contributed by atoms with E-state index in [1.807, 2.05) is 41.5 Å². The van der Waals surface area contributed by atoms with E-state index in [0.717, 1.165) is 23.2 Å². The summed E-state index contributed by atoms with van der Waals surface area (Å²) in [4.78, 5) is 0. The van der Waals surface area contributed by atoms with Gasteiger partial charge in [-0.2, -0.15) is 0 Å². The molecule has 0 bridgehead atoms. The molecule has 3 rings (SSSR count). The van der Waals surface area contributed by atoms with Crippen LogP contribution in [0.15, 0.2) is 54.7 Å². The van der Waals surface area contributed by atoms with E-state index in [1.54, 1.807) is 19.2 Å². The van der Waals surface area contributed by atoms with Crippen LogP contribution in [0.2, 0.25) is 5.02 Å². The van der Waals surface area contributed by atoms with Crippen molar-refractivity contribution in [2.24, 2.45) is 0 Å². The first-order valence-corrected chi connectivity index (χ1v) is 7.83. The molecule has 1 heterocycles. The van der Waals surface area contributed by atoms with Crippen LogP contribution < -0.4 is 10.4 Å². The van der Waals surface area contributed by atoms with Crippen LogP contribution in [0.5, 0.6) is 0 Å². The van der Waals surface area contributed by atoms with Crippen LogP contribution in [0.25, 0.3) is 5.57 Å². The minimum absolute atomic E-state index is 0.0352. The molecule has 1 aliphatic rings. The lowest BCUT2D eigenvalue weighted by Crippen LogP contribution is -2.36. The summed E-state index contributed by atoms with van der Waals surface area (Å²) in [6.07, 6.45) is 2.75. The molecule has 0 aliphatic carbocycles. The molecule has 23 heavy (non-hydrogen) atoms. The molecular formula is C18H18ClFN2O. The molecule has 1 N–H and O–H groups in total. The quantitative estimate of drug-likeness (QED) is 0.886. The van der Waals surface area contributed by atoms with Gasteiger partial charge in [-0.15, -0.1) is 0 Å². The monoisotopic (exact) mass is 332 g/mol. The van der Waals surface area contributed by atoms with E-state index >= 15 is 0 Å². The van der Waals surface area contributed by atoms with Crippen molar-refractivity contribution in [2.75, 3.05) is 18.7 Å². The van der Waals surface area contributed by atoms with Crippen molar-refractivity contribution < 1.29 is 9.13 Å². The largest absolute Gasteiger partial charge is 0.385 e. The summed E-state index contributed by atoms with van der Waals surface area (Å²) in [6.45, 7) is 0.612. The molecule has 5 heteroatoms. The Morgan fingerprint density at radius 2 is 2.04 bits per heavy atom. The standard InChI is InChI=1S/C18H18ClFN2O/c1-23-10-9-17-15(13-5-4-6-14(20)11-13)12-22(21-17)18-8-3-2-7-16(18)19/h2-8,11-12,17,21H,9-10H2,1H3. The summed E-state index contributed by atoms with van der Waals surface area (Å²) in [5.74, 6) is -0.245. The Labute approximate surface area is 140 Å². The van der Waals surface area contributed by atoms with E-state index in [4.69, 9.17) is 16.3 Å². The predicted molar refractivity (Wildman–Crippen MR) is 91.7 cm³/mol. The summed E-state index contributed by atoms with van der Waals surface area (Å²) in [5.41, 5.74) is 6.14. The lowest BCUT2D eigenvalue weighted by atomic mass is 9.98. The number of ether oxygens (including phenoxy) is 1. The third kappa shape index (κ3) is 3.55. The second-order valence-corrected chi connectivity index (χ2v) is 5.79. The van der Waals surface area contributed by atoms with E-state index in [-0.39, 0.29) is 11.9 Å². The van der Waals surface area contributed by atoms with E-state index in [0.29, 0.717) is 11.6 Å². The predicted octanol–water partition coefficient (Wildman–Crippen LogP) is 4.25. The van der Waals surface area contributed by atoms with Crippen LogP contribution in [-0.4, -0.2) is 19.8 Å². The second kappa shape index (κ2) is 7.13. The lowest BCUT2D eigenvalue weighted by molar-refractivity contribution is 0.189. The number of hydrazine groups is 1. The van der Waals surface area contributed by atoms with Crippen LogP contribution in [-0.2, 0) is 4.74 Å². The van der Waals surface area contributed by atoms with Crippen LogP contribution in [0.4, 0.5) is 10.1 Å². The average Bonchev–Trinajstić information content (AvgIpc) is 2.97. The zero-order valence-electron chi connectivity index (χ0n) is 12.8. The van der Waals surface area contributed by atoms with Crippen molar-refractivity contribution in [2.45, 2.75) is 12.5 Å².